The molecule has 0 saturated carbocycles. The van der Waals surface area contributed by atoms with Crippen LogP contribution in [0.15, 0.2) is 16.7 Å². The summed E-state index contributed by atoms with van der Waals surface area (Å²) in [5.41, 5.74) is 2.55. The number of hydrogen-bond donors (Lipinski definition) is 0. The van der Waals surface area contributed by atoms with Crippen LogP contribution in [0, 0.1) is 0 Å². The van der Waals surface area contributed by atoms with E-state index in [-0.39, 0.29) is 0 Å². The van der Waals surface area contributed by atoms with Gasteiger partial charge in [0.2, 0.25) is 0 Å². The molecule has 1 aromatic rings. The average molecular weight is 325 g/mol. The highest BCUT2D eigenvalue weighted by molar-refractivity contribution is 14.1. The molecule has 1 aliphatic heterocycles. The molecule has 0 fully saturated rings. The molecular formula is C7H6BrIN2. The fourth-order valence-corrected chi connectivity index (χ4v) is 2.26. The second-order valence-corrected chi connectivity index (χ2v) is 4.82. The van der Waals surface area contributed by atoms with Crippen molar-refractivity contribution in [1.82, 2.24) is 8.10 Å². The van der Waals surface area contributed by atoms with Gasteiger partial charge in [-0.05, 0) is 27.6 Å². The van der Waals surface area contributed by atoms with E-state index >= 15 is 0 Å². The summed E-state index contributed by atoms with van der Waals surface area (Å²) in [6, 6.07) is 2.14. The first-order valence-corrected chi connectivity index (χ1v) is 5.05. The molecule has 0 aliphatic carbocycles. The van der Waals surface area contributed by atoms with Gasteiger partial charge in [-0.25, -0.2) is 3.11 Å². The van der Waals surface area contributed by atoms with Gasteiger partial charge < -0.3 is 0 Å². The Kier molecular flexibility index (Phi) is 2.16. The lowest BCUT2D eigenvalue weighted by Crippen LogP contribution is -1.98. The third kappa shape index (κ3) is 1.57. The van der Waals surface area contributed by atoms with E-state index in [1.54, 1.807) is 0 Å². The van der Waals surface area contributed by atoms with Crippen LogP contribution in [0.25, 0.3) is 0 Å². The van der Waals surface area contributed by atoms with Crippen LogP contribution in [0.2, 0.25) is 0 Å². The predicted octanol–water partition coefficient (Wildman–Crippen LogP) is 2.51. The van der Waals surface area contributed by atoms with Crippen LogP contribution in [0.4, 0.5) is 0 Å². The van der Waals surface area contributed by atoms with Gasteiger partial charge >= 0.3 is 0 Å². The molecule has 2 rings (SSSR count). The van der Waals surface area contributed by atoms with E-state index in [1.807, 2.05) is 6.20 Å². The SMILES string of the molecule is Brc1cnc2c(c1)CN(I)C2. The highest BCUT2D eigenvalue weighted by Crippen LogP contribution is 2.25. The Labute approximate surface area is 87.6 Å². The van der Waals surface area contributed by atoms with Crippen LogP contribution in [0.1, 0.15) is 11.3 Å². The van der Waals surface area contributed by atoms with Gasteiger partial charge in [-0.3, -0.25) is 4.98 Å². The topological polar surface area (TPSA) is 16.1 Å². The van der Waals surface area contributed by atoms with Gasteiger partial charge in [0.05, 0.1) is 12.2 Å². The zero-order chi connectivity index (χ0) is 7.84. The van der Waals surface area contributed by atoms with E-state index in [4.69, 9.17) is 0 Å². The van der Waals surface area contributed by atoms with Gasteiger partial charge in [0, 0.05) is 40.1 Å². The van der Waals surface area contributed by atoms with Crippen molar-refractivity contribution in [3.8, 4) is 0 Å². The zero-order valence-corrected chi connectivity index (χ0v) is 9.46. The van der Waals surface area contributed by atoms with Gasteiger partial charge in [0.1, 0.15) is 0 Å². The highest BCUT2D eigenvalue weighted by atomic mass is 127. The van der Waals surface area contributed by atoms with Gasteiger partial charge in [-0.2, -0.15) is 0 Å². The first-order chi connectivity index (χ1) is 5.25. The Morgan fingerprint density at radius 3 is 3.18 bits per heavy atom. The van der Waals surface area contributed by atoms with E-state index in [9.17, 15) is 0 Å². The van der Waals surface area contributed by atoms with Crippen molar-refractivity contribution in [2.75, 3.05) is 0 Å². The van der Waals surface area contributed by atoms with Crippen molar-refractivity contribution in [3.63, 3.8) is 0 Å². The minimum absolute atomic E-state index is 0.975. The average Bonchev–Trinajstić information content (AvgIpc) is 2.27. The second kappa shape index (κ2) is 2.99. The summed E-state index contributed by atoms with van der Waals surface area (Å²) in [5.74, 6) is 0. The molecular weight excluding hydrogens is 319 g/mol. The molecule has 1 aromatic heterocycles. The summed E-state index contributed by atoms with van der Waals surface area (Å²) in [6.45, 7) is 1.99. The normalized spacial score (nSPS) is 16.9. The van der Waals surface area contributed by atoms with E-state index in [0.29, 0.717) is 0 Å². The highest BCUT2D eigenvalue weighted by Gasteiger charge is 2.17. The summed E-state index contributed by atoms with van der Waals surface area (Å²) in [7, 11) is 0. The van der Waals surface area contributed by atoms with Crippen molar-refractivity contribution < 1.29 is 0 Å². The van der Waals surface area contributed by atoms with Crippen LogP contribution in [-0.2, 0) is 13.1 Å². The largest absolute Gasteiger partial charge is 0.258 e. The second-order valence-electron chi connectivity index (χ2n) is 2.54. The molecule has 0 bridgehead atoms. The van der Waals surface area contributed by atoms with Gasteiger partial charge in [-0.1, -0.05) is 0 Å². The summed E-state index contributed by atoms with van der Waals surface area (Å²) in [6.07, 6.45) is 1.86. The molecule has 0 N–H and O–H groups in total. The molecule has 1 aliphatic rings. The fraction of sp³-hybridized carbons (Fsp3) is 0.286. The Hall–Kier alpha value is 0.320. The van der Waals surface area contributed by atoms with Crippen molar-refractivity contribution in [1.29, 1.82) is 0 Å². The lowest BCUT2D eigenvalue weighted by molar-refractivity contribution is 0.550. The molecule has 0 atom stereocenters. The third-order valence-electron chi connectivity index (χ3n) is 1.69. The molecule has 4 heteroatoms. The summed E-state index contributed by atoms with van der Waals surface area (Å²) < 4.78 is 3.30. The summed E-state index contributed by atoms with van der Waals surface area (Å²) in [5, 5.41) is 0. The van der Waals surface area contributed by atoms with Crippen LogP contribution in [0.3, 0.4) is 0 Å². The van der Waals surface area contributed by atoms with Gasteiger partial charge in [-0.15, -0.1) is 0 Å². The fourth-order valence-electron chi connectivity index (χ4n) is 1.19. The maximum atomic E-state index is 4.32. The van der Waals surface area contributed by atoms with E-state index < -0.39 is 0 Å². The van der Waals surface area contributed by atoms with Crippen LogP contribution < -0.4 is 0 Å². The van der Waals surface area contributed by atoms with Crippen molar-refractivity contribution >= 4 is 38.8 Å². The van der Waals surface area contributed by atoms with E-state index in [2.05, 4.69) is 53.0 Å². The maximum absolute atomic E-state index is 4.32. The Bertz CT molecular complexity index is 290. The Morgan fingerprint density at radius 2 is 2.36 bits per heavy atom. The number of fused-ring (bicyclic) bond motifs is 1. The molecule has 0 aromatic carbocycles. The molecule has 0 spiro atoms. The molecule has 58 valence electrons. The maximum Gasteiger partial charge on any atom is 0.0598 e. The van der Waals surface area contributed by atoms with E-state index in [0.717, 1.165) is 17.6 Å². The molecule has 0 radical (unpaired) electrons. The van der Waals surface area contributed by atoms with Crippen LogP contribution in [-0.4, -0.2) is 8.10 Å². The van der Waals surface area contributed by atoms with Crippen molar-refractivity contribution in [3.05, 3.63) is 28.0 Å². The number of pyridine rings is 1. The van der Waals surface area contributed by atoms with Crippen LogP contribution >= 0.6 is 38.8 Å². The number of halogens is 2. The molecule has 0 amide bonds. The molecule has 0 unspecified atom stereocenters. The zero-order valence-electron chi connectivity index (χ0n) is 5.72. The molecule has 11 heavy (non-hydrogen) atoms. The summed E-state index contributed by atoms with van der Waals surface area (Å²) in [4.78, 5) is 4.32. The quantitative estimate of drug-likeness (QED) is 0.538. The molecule has 2 heterocycles. The van der Waals surface area contributed by atoms with Gasteiger partial charge in [0.15, 0.2) is 0 Å². The monoisotopic (exact) mass is 324 g/mol. The Balaban J connectivity index is 2.43. The first kappa shape index (κ1) is 7.94. The number of nitrogens with zero attached hydrogens (tertiary/aromatic N) is 2. The Morgan fingerprint density at radius 1 is 1.55 bits per heavy atom. The summed E-state index contributed by atoms with van der Waals surface area (Å²) >= 11 is 5.72. The van der Waals surface area contributed by atoms with Crippen molar-refractivity contribution in [2.45, 2.75) is 13.1 Å². The molecule has 0 saturated heterocycles. The minimum atomic E-state index is 0.975. The van der Waals surface area contributed by atoms with Crippen molar-refractivity contribution in [2.24, 2.45) is 0 Å². The van der Waals surface area contributed by atoms with Crippen LogP contribution in [0.5, 0.6) is 0 Å². The van der Waals surface area contributed by atoms with Gasteiger partial charge in [0.25, 0.3) is 0 Å². The lowest BCUT2D eigenvalue weighted by Gasteiger charge is -1.98. The lowest BCUT2D eigenvalue weighted by atomic mass is 10.2. The first-order valence-electron chi connectivity index (χ1n) is 3.30. The standard InChI is InChI=1S/C7H6BrIN2/c8-6-1-5-3-11(9)4-7(5)10-2-6/h1-2H,3-4H2. The minimum Gasteiger partial charge on any atom is -0.258 e. The van der Waals surface area contributed by atoms with E-state index in [1.165, 1.54) is 11.3 Å². The molecule has 2 nitrogen and oxygen atoms in total. The smallest absolute Gasteiger partial charge is 0.0598 e. The number of aromatic nitrogens is 1. The number of hydrogen-bond acceptors (Lipinski definition) is 2. The number of rotatable bonds is 0. The predicted molar refractivity (Wildman–Crippen MR) is 55.2 cm³/mol. The third-order valence-corrected chi connectivity index (χ3v) is 2.81.